The highest BCUT2D eigenvalue weighted by molar-refractivity contribution is 5.95. The van der Waals surface area contributed by atoms with Crippen LogP contribution in [0.25, 0.3) is 0 Å². The minimum absolute atomic E-state index is 0.0952. The normalized spacial score (nSPS) is 11.2. The fourth-order valence-corrected chi connectivity index (χ4v) is 2.12. The quantitative estimate of drug-likeness (QED) is 0.641. The highest BCUT2D eigenvalue weighted by Gasteiger charge is 2.27. The monoisotopic (exact) mass is 282 g/mol. The number of nitro groups is 1. The molecular formula is C14H19FN2O3. The van der Waals surface area contributed by atoms with E-state index in [1.807, 2.05) is 20.8 Å². The van der Waals surface area contributed by atoms with Crippen molar-refractivity contribution in [2.24, 2.45) is 0 Å². The molecule has 1 N–H and O–H groups in total. The summed E-state index contributed by atoms with van der Waals surface area (Å²) in [5.74, 6) is -1.36. The van der Waals surface area contributed by atoms with Gasteiger partial charge in [0.25, 0.3) is 5.91 Å². The molecule has 0 heterocycles. The summed E-state index contributed by atoms with van der Waals surface area (Å²) >= 11 is 0. The van der Waals surface area contributed by atoms with Crippen molar-refractivity contribution in [3.8, 4) is 0 Å². The molecule has 0 radical (unpaired) electrons. The Labute approximate surface area is 117 Å². The van der Waals surface area contributed by atoms with Crippen LogP contribution in [0.5, 0.6) is 0 Å². The molecule has 1 amide bonds. The van der Waals surface area contributed by atoms with Crippen LogP contribution in [0.3, 0.4) is 0 Å². The van der Waals surface area contributed by atoms with Crippen molar-refractivity contribution >= 4 is 11.6 Å². The van der Waals surface area contributed by atoms with Gasteiger partial charge < -0.3 is 5.32 Å². The van der Waals surface area contributed by atoms with Gasteiger partial charge in [0.1, 0.15) is 0 Å². The molecule has 0 bridgehead atoms. The molecule has 0 aliphatic rings. The van der Waals surface area contributed by atoms with E-state index in [1.165, 1.54) is 6.07 Å². The van der Waals surface area contributed by atoms with Crippen molar-refractivity contribution in [3.63, 3.8) is 0 Å². The Hall–Kier alpha value is -1.98. The van der Waals surface area contributed by atoms with E-state index in [0.29, 0.717) is 0 Å². The van der Waals surface area contributed by atoms with Crippen LogP contribution in [-0.2, 0) is 0 Å². The van der Waals surface area contributed by atoms with Gasteiger partial charge in [-0.3, -0.25) is 14.9 Å². The number of hydrogen-bond acceptors (Lipinski definition) is 3. The van der Waals surface area contributed by atoms with E-state index < -0.39 is 22.3 Å². The molecule has 1 aromatic carbocycles. The molecule has 0 aliphatic carbocycles. The summed E-state index contributed by atoms with van der Waals surface area (Å²) < 4.78 is 13.2. The van der Waals surface area contributed by atoms with E-state index in [9.17, 15) is 19.3 Å². The number of nitrogens with one attached hydrogen (secondary N) is 1. The van der Waals surface area contributed by atoms with Gasteiger partial charge in [-0.25, -0.2) is 0 Å². The predicted octanol–water partition coefficient (Wildman–Crippen LogP) is 3.43. The second-order valence-corrected chi connectivity index (χ2v) is 4.72. The lowest BCUT2D eigenvalue weighted by Crippen LogP contribution is -2.47. The van der Waals surface area contributed by atoms with Gasteiger partial charge in [0, 0.05) is 17.2 Å². The maximum atomic E-state index is 13.2. The van der Waals surface area contributed by atoms with Crippen molar-refractivity contribution in [2.75, 3.05) is 0 Å². The lowest BCUT2D eigenvalue weighted by atomic mass is 9.89. The van der Waals surface area contributed by atoms with Gasteiger partial charge in [0.05, 0.1) is 4.92 Å². The Morgan fingerprint density at radius 2 is 1.85 bits per heavy atom. The van der Waals surface area contributed by atoms with Crippen molar-refractivity contribution in [1.82, 2.24) is 5.32 Å². The van der Waals surface area contributed by atoms with E-state index in [0.717, 1.165) is 31.4 Å². The minimum Gasteiger partial charge on any atom is -0.347 e. The molecule has 6 heteroatoms. The topological polar surface area (TPSA) is 72.2 Å². The molecule has 0 aromatic heterocycles. The molecule has 0 spiro atoms. The third-order valence-electron chi connectivity index (χ3n) is 3.81. The molecule has 110 valence electrons. The number of carbonyl (C=O) groups excluding carboxylic acids is 1. The van der Waals surface area contributed by atoms with Gasteiger partial charge in [-0.15, -0.1) is 0 Å². The number of benzene rings is 1. The lowest BCUT2D eigenvalue weighted by molar-refractivity contribution is -0.387. The number of nitrogens with zero attached hydrogens (tertiary/aromatic N) is 1. The first kappa shape index (κ1) is 16.1. The number of halogens is 1. The highest BCUT2D eigenvalue weighted by atomic mass is 19.1. The number of hydrogen-bond donors (Lipinski definition) is 1. The minimum atomic E-state index is -0.945. The van der Waals surface area contributed by atoms with Crippen molar-refractivity contribution < 1.29 is 14.1 Å². The van der Waals surface area contributed by atoms with E-state index in [-0.39, 0.29) is 11.1 Å². The first-order valence-electron chi connectivity index (χ1n) is 6.65. The molecular weight excluding hydrogens is 263 g/mol. The number of amides is 1. The van der Waals surface area contributed by atoms with Crippen LogP contribution in [0.15, 0.2) is 18.2 Å². The molecule has 0 saturated carbocycles. The van der Waals surface area contributed by atoms with Crippen molar-refractivity contribution in [3.05, 3.63) is 39.7 Å². The fraction of sp³-hybridized carbons (Fsp3) is 0.500. The van der Waals surface area contributed by atoms with E-state index in [1.54, 1.807) is 0 Å². The molecule has 0 unspecified atom stereocenters. The summed E-state index contributed by atoms with van der Waals surface area (Å²) in [7, 11) is 0. The third-order valence-corrected chi connectivity index (χ3v) is 3.81. The maximum absolute atomic E-state index is 13.2. The Balaban J connectivity index is 3.04. The summed E-state index contributed by atoms with van der Waals surface area (Å²) in [4.78, 5) is 22.0. The van der Waals surface area contributed by atoms with Crippen molar-refractivity contribution in [2.45, 2.75) is 45.6 Å². The van der Waals surface area contributed by atoms with Gasteiger partial charge in [0.15, 0.2) is 0 Å². The molecule has 1 aromatic rings. The first-order valence-corrected chi connectivity index (χ1v) is 6.65. The maximum Gasteiger partial charge on any atom is 0.305 e. The predicted molar refractivity (Wildman–Crippen MR) is 74.1 cm³/mol. The molecule has 0 atom stereocenters. The average Bonchev–Trinajstić information content (AvgIpc) is 2.45. The van der Waals surface area contributed by atoms with Crippen LogP contribution < -0.4 is 5.32 Å². The fourth-order valence-electron chi connectivity index (χ4n) is 2.12. The van der Waals surface area contributed by atoms with Crippen LogP contribution >= 0.6 is 0 Å². The number of carbonyl (C=O) groups is 1. The van der Waals surface area contributed by atoms with Gasteiger partial charge in [0.2, 0.25) is 5.82 Å². The van der Waals surface area contributed by atoms with E-state index >= 15 is 0 Å². The van der Waals surface area contributed by atoms with Crippen LogP contribution in [-0.4, -0.2) is 16.4 Å². The third kappa shape index (κ3) is 3.31. The standard InChI is InChI=1S/C14H19FN2O3/c1-4-14(5-2,6-3)16-13(18)10-7-8-11(15)12(9-10)17(19)20/h7-9H,4-6H2,1-3H3,(H,16,18). The summed E-state index contributed by atoms with van der Waals surface area (Å²) in [5, 5.41) is 13.6. The van der Waals surface area contributed by atoms with Crippen LogP contribution in [0.4, 0.5) is 10.1 Å². The van der Waals surface area contributed by atoms with Crippen molar-refractivity contribution in [1.29, 1.82) is 0 Å². The molecule has 0 aliphatic heterocycles. The number of rotatable bonds is 6. The van der Waals surface area contributed by atoms with E-state index in [4.69, 9.17) is 0 Å². The first-order chi connectivity index (χ1) is 9.39. The highest BCUT2D eigenvalue weighted by Crippen LogP contribution is 2.22. The second-order valence-electron chi connectivity index (χ2n) is 4.72. The largest absolute Gasteiger partial charge is 0.347 e. The van der Waals surface area contributed by atoms with Gasteiger partial charge in [-0.05, 0) is 31.4 Å². The molecule has 0 fully saturated rings. The van der Waals surface area contributed by atoms with Crippen LogP contribution in [0, 0.1) is 15.9 Å². The number of nitro benzene ring substituents is 1. The summed E-state index contributed by atoms with van der Waals surface area (Å²) in [5.41, 5.74) is -0.925. The Bertz CT molecular complexity index is 505. The zero-order chi connectivity index (χ0) is 15.3. The Kier molecular flexibility index (Phi) is 5.19. The molecule has 5 nitrogen and oxygen atoms in total. The van der Waals surface area contributed by atoms with Crippen LogP contribution in [0.2, 0.25) is 0 Å². The summed E-state index contributed by atoms with van der Waals surface area (Å²) in [6.45, 7) is 5.92. The zero-order valence-corrected chi connectivity index (χ0v) is 11.9. The SMILES string of the molecule is CCC(CC)(CC)NC(=O)c1ccc(F)c([N+](=O)[O-])c1. The Morgan fingerprint density at radius 3 is 2.30 bits per heavy atom. The lowest BCUT2D eigenvalue weighted by Gasteiger charge is -2.31. The van der Waals surface area contributed by atoms with Gasteiger partial charge >= 0.3 is 5.69 Å². The summed E-state index contributed by atoms with van der Waals surface area (Å²) in [6, 6.07) is 3.17. The van der Waals surface area contributed by atoms with Gasteiger partial charge in [-0.1, -0.05) is 20.8 Å². The second kappa shape index (κ2) is 6.45. The van der Waals surface area contributed by atoms with E-state index in [2.05, 4.69) is 5.32 Å². The summed E-state index contributed by atoms with van der Waals surface area (Å²) in [6.07, 6.45) is 2.28. The molecule has 20 heavy (non-hydrogen) atoms. The smallest absolute Gasteiger partial charge is 0.305 e. The van der Waals surface area contributed by atoms with Gasteiger partial charge in [-0.2, -0.15) is 4.39 Å². The molecule has 0 saturated heterocycles. The average molecular weight is 282 g/mol. The molecule has 1 rings (SSSR count). The zero-order valence-electron chi connectivity index (χ0n) is 11.9. The van der Waals surface area contributed by atoms with Crippen LogP contribution in [0.1, 0.15) is 50.4 Å². The Morgan fingerprint density at radius 1 is 1.30 bits per heavy atom.